The number of nitrogens with one attached hydrogen (secondary N) is 2. The first-order chi connectivity index (χ1) is 9.10. The van der Waals surface area contributed by atoms with Gasteiger partial charge in [-0.2, -0.15) is 0 Å². The van der Waals surface area contributed by atoms with E-state index in [4.69, 9.17) is 4.74 Å². The van der Waals surface area contributed by atoms with Gasteiger partial charge in [-0.05, 0) is 44.7 Å². The minimum atomic E-state index is -0.336. The average Bonchev–Trinajstić information content (AvgIpc) is 2.65. The predicted molar refractivity (Wildman–Crippen MR) is 74.8 cm³/mol. The van der Waals surface area contributed by atoms with E-state index in [1.807, 2.05) is 6.92 Å². The number of hydrogen-bond donors (Lipinski definition) is 2. The van der Waals surface area contributed by atoms with Crippen molar-refractivity contribution in [1.29, 1.82) is 0 Å². The van der Waals surface area contributed by atoms with Crippen LogP contribution in [0.15, 0.2) is 6.07 Å². The van der Waals surface area contributed by atoms with Crippen LogP contribution in [0.3, 0.4) is 0 Å². The second-order valence-corrected chi connectivity index (χ2v) is 5.62. The molecule has 0 atom stereocenters. The zero-order valence-electron chi connectivity index (χ0n) is 11.1. The number of ether oxygens (including phenoxy) is 1. The van der Waals surface area contributed by atoms with Crippen LogP contribution in [0.1, 0.15) is 41.4 Å². The van der Waals surface area contributed by atoms with Crippen molar-refractivity contribution in [2.45, 2.75) is 39.2 Å². The molecule has 1 saturated carbocycles. The fourth-order valence-electron chi connectivity index (χ4n) is 1.83. The van der Waals surface area contributed by atoms with Crippen LogP contribution < -0.4 is 10.6 Å². The molecule has 104 valence electrons. The van der Waals surface area contributed by atoms with E-state index in [2.05, 4.69) is 10.6 Å². The lowest BCUT2D eigenvalue weighted by Gasteiger charge is -2.26. The van der Waals surface area contributed by atoms with E-state index < -0.39 is 0 Å². The van der Waals surface area contributed by atoms with E-state index in [1.54, 1.807) is 13.0 Å². The highest BCUT2D eigenvalue weighted by atomic mass is 32.1. The Morgan fingerprint density at radius 2 is 2.21 bits per heavy atom. The number of thiophene rings is 1. The summed E-state index contributed by atoms with van der Waals surface area (Å²) in [4.78, 5) is 23.9. The van der Waals surface area contributed by atoms with Crippen LogP contribution in [-0.4, -0.2) is 24.6 Å². The molecule has 0 aliphatic heterocycles. The van der Waals surface area contributed by atoms with Gasteiger partial charge in [0, 0.05) is 6.04 Å². The van der Waals surface area contributed by atoms with Gasteiger partial charge in [-0.15, -0.1) is 11.3 Å². The van der Waals surface area contributed by atoms with Gasteiger partial charge in [-0.25, -0.2) is 9.59 Å². The Balaban J connectivity index is 1.95. The highest BCUT2D eigenvalue weighted by Gasteiger charge is 2.20. The summed E-state index contributed by atoms with van der Waals surface area (Å²) < 4.78 is 4.96. The Morgan fingerprint density at radius 1 is 1.47 bits per heavy atom. The maximum Gasteiger partial charge on any atom is 0.348 e. The number of carbonyl (C=O) groups excluding carboxylic acids is 2. The van der Waals surface area contributed by atoms with Gasteiger partial charge in [-0.1, -0.05) is 0 Å². The Labute approximate surface area is 116 Å². The van der Waals surface area contributed by atoms with Crippen molar-refractivity contribution < 1.29 is 14.3 Å². The van der Waals surface area contributed by atoms with E-state index in [0.717, 1.165) is 18.4 Å². The minimum Gasteiger partial charge on any atom is -0.462 e. The highest BCUT2D eigenvalue weighted by Crippen LogP contribution is 2.27. The second kappa shape index (κ2) is 6.06. The first-order valence-corrected chi connectivity index (χ1v) is 7.27. The number of hydrogen-bond acceptors (Lipinski definition) is 4. The van der Waals surface area contributed by atoms with Crippen LogP contribution in [-0.2, 0) is 4.74 Å². The van der Waals surface area contributed by atoms with Crippen LogP contribution in [0.25, 0.3) is 0 Å². The number of amides is 2. The number of aryl methyl sites for hydroxylation is 1. The summed E-state index contributed by atoms with van der Waals surface area (Å²) in [6, 6.07) is 1.88. The number of esters is 1. The molecule has 1 aromatic rings. The number of anilines is 1. The lowest BCUT2D eigenvalue weighted by Crippen LogP contribution is -2.41. The van der Waals surface area contributed by atoms with E-state index in [1.165, 1.54) is 17.8 Å². The highest BCUT2D eigenvalue weighted by molar-refractivity contribution is 7.18. The second-order valence-electron chi connectivity index (χ2n) is 4.57. The summed E-state index contributed by atoms with van der Waals surface area (Å²) in [5.74, 6) is -0.336. The van der Waals surface area contributed by atoms with Gasteiger partial charge in [0.05, 0.1) is 11.6 Å². The van der Waals surface area contributed by atoms with Gasteiger partial charge in [0.15, 0.2) is 0 Å². The minimum absolute atomic E-state index is 0.207. The maximum absolute atomic E-state index is 11.7. The molecule has 2 N–H and O–H groups in total. The molecule has 1 aliphatic carbocycles. The summed E-state index contributed by atoms with van der Waals surface area (Å²) in [7, 11) is 0. The van der Waals surface area contributed by atoms with Gasteiger partial charge in [0.1, 0.15) is 4.88 Å². The fourth-order valence-corrected chi connectivity index (χ4v) is 2.79. The first-order valence-electron chi connectivity index (χ1n) is 6.45. The molecular weight excluding hydrogens is 264 g/mol. The third-order valence-electron chi connectivity index (χ3n) is 3.06. The van der Waals surface area contributed by atoms with Gasteiger partial charge < -0.3 is 10.1 Å². The van der Waals surface area contributed by atoms with Crippen molar-refractivity contribution in [3.63, 3.8) is 0 Å². The van der Waals surface area contributed by atoms with Crippen LogP contribution in [0.2, 0.25) is 0 Å². The molecule has 1 heterocycles. The van der Waals surface area contributed by atoms with Gasteiger partial charge in [0.2, 0.25) is 0 Å². The van der Waals surface area contributed by atoms with Crippen molar-refractivity contribution in [3.05, 3.63) is 16.5 Å². The molecular formula is C13H18N2O3S. The number of urea groups is 1. The lowest BCUT2D eigenvalue weighted by molar-refractivity contribution is 0.0531. The predicted octanol–water partition coefficient (Wildman–Crippen LogP) is 2.91. The molecule has 2 amide bonds. The Bertz CT molecular complexity index is 480. The van der Waals surface area contributed by atoms with E-state index >= 15 is 0 Å². The van der Waals surface area contributed by atoms with Crippen molar-refractivity contribution in [2.24, 2.45) is 0 Å². The van der Waals surface area contributed by atoms with Crippen LogP contribution >= 0.6 is 11.3 Å². The van der Waals surface area contributed by atoms with Crippen molar-refractivity contribution >= 4 is 28.3 Å². The number of carbonyl (C=O) groups is 2. The van der Waals surface area contributed by atoms with Crippen LogP contribution in [0.4, 0.5) is 9.80 Å². The molecule has 0 aromatic carbocycles. The Morgan fingerprint density at radius 3 is 2.79 bits per heavy atom. The fraction of sp³-hybridized carbons (Fsp3) is 0.538. The third-order valence-corrected chi connectivity index (χ3v) is 4.19. The molecule has 5 nitrogen and oxygen atoms in total. The molecule has 0 radical (unpaired) electrons. The SMILES string of the molecule is CCOC(=O)c1sc(NC(=O)NC2CCC2)cc1C. The topological polar surface area (TPSA) is 67.4 Å². The van der Waals surface area contributed by atoms with E-state index in [-0.39, 0.29) is 12.0 Å². The summed E-state index contributed by atoms with van der Waals surface area (Å²) in [6.07, 6.45) is 3.27. The van der Waals surface area contributed by atoms with Crippen molar-refractivity contribution in [3.8, 4) is 0 Å². The summed E-state index contributed by atoms with van der Waals surface area (Å²) in [5.41, 5.74) is 0.822. The quantitative estimate of drug-likeness (QED) is 0.834. The van der Waals surface area contributed by atoms with Crippen molar-refractivity contribution in [1.82, 2.24) is 5.32 Å². The first kappa shape index (κ1) is 13.9. The van der Waals surface area contributed by atoms with Gasteiger partial charge in [0.25, 0.3) is 0 Å². The maximum atomic E-state index is 11.7. The molecule has 0 bridgehead atoms. The lowest BCUT2D eigenvalue weighted by atomic mass is 9.93. The van der Waals surface area contributed by atoms with Gasteiger partial charge >= 0.3 is 12.0 Å². The zero-order chi connectivity index (χ0) is 13.8. The Hall–Kier alpha value is -1.56. The summed E-state index contributed by atoms with van der Waals surface area (Å²) in [5, 5.41) is 6.31. The molecule has 1 fully saturated rings. The molecule has 0 spiro atoms. The molecule has 0 unspecified atom stereocenters. The standard InChI is InChI=1S/C13H18N2O3S/c1-3-18-12(16)11-8(2)7-10(19-11)15-13(17)14-9-5-4-6-9/h7,9H,3-6H2,1-2H3,(H2,14,15,17). The molecule has 6 heteroatoms. The van der Waals surface area contributed by atoms with Crippen molar-refractivity contribution in [2.75, 3.05) is 11.9 Å². The third kappa shape index (κ3) is 3.47. The van der Waals surface area contributed by atoms with E-state index in [9.17, 15) is 9.59 Å². The smallest absolute Gasteiger partial charge is 0.348 e. The van der Waals surface area contributed by atoms with Gasteiger partial charge in [-0.3, -0.25) is 5.32 Å². The van der Waals surface area contributed by atoms with E-state index in [0.29, 0.717) is 22.5 Å². The van der Waals surface area contributed by atoms with Crippen LogP contribution in [0.5, 0.6) is 0 Å². The number of rotatable bonds is 4. The molecule has 2 rings (SSSR count). The summed E-state index contributed by atoms with van der Waals surface area (Å²) in [6.45, 7) is 3.95. The molecule has 1 aliphatic rings. The normalized spacial score (nSPS) is 14.6. The van der Waals surface area contributed by atoms with Crippen LogP contribution in [0, 0.1) is 6.92 Å². The average molecular weight is 282 g/mol. The zero-order valence-corrected chi connectivity index (χ0v) is 11.9. The monoisotopic (exact) mass is 282 g/mol. The molecule has 0 saturated heterocycles. The largest absolute Gasteiger partial charge is 0.462 e. The molecule has 1 aromatic heterocycles. The molecule has 19 heavy (non-hydrogen) atoms. The summed E-state index contributed by atoms with van der Waals surface area (Å²) >= 11 is 1.24. The Kier molecular flexibility index (Phi) is 4.42.